The Balaban J connectivity index is 2.57. The summed E-state index contributed by atoms with van der Waals surface area (Å²) in [5, 5.41) is 56.3. The van der Waals surface area contributed by atoms with Crippen molar-refractivity contribution in [3.63, 3.8) is 0 Å². The normalized spacial score (nSPS) is 35.6. The van der Waals surface area contributed by atoms with E-state index in [1.165, 1.54) is 0 Å². The molecule has 0 amide bonds. The SMILES string of the molecule is N[C@@H](CO)[C@@H](O)[C@H](O)C(=O)COC1O[C@H](CO)[C@@H](O)[C@H](O)[C@H]1N. The lowest BCUT2D eigenvalue weighted by Crippen LogP contribution is -2.62. The van der Waals surface area contributed by atoms with Crippen molar-refractivity contribution in [2.75, 3.05) is 19.8 Å². The summed E-state index contributed by atoms with van der Waals surface area (Å²) < 4.78 is 10.2. The molecule has 0 aliphatic carbocycles. The molecule has 8 atom stereocenters. The third kappa shape index (κ3) is 4.87. The van der Waals surface area contributed by atoms with Gasteiger partial charge in [-0.25, -0.2) is 0 Å². The lowest BCUT2D eigenvalue weighted by molar-refractivity contribution is -0.264. The maximum absolute atomic E-state index is 11.7. The quantitative estimate of drug-likeness (QED) is 0.209. The van der Waals surface area contributed by atoms with Gasteiger partial charge in [0.15, 0.2) is 12.1 Å². The predicted octanol–water partition coefficient (Wildman–Crippen LogP) is -5.62. The van der Waals surface area contributed by atoms with Gasteiger partial charge in [0, 0.05) is 0 Å². The lowest BCUT2D eigenvalue weighted by atomic mass is 9.98. The van der Waals surface area contributed by atoms with Crippen LogP contribution < -0.4 is 11.5 Å². The zero-order chi connectivity index (χ0) is 17.7. The average Bonchev–Trinajstić information content (AvgIpc) is 2.56. The molecule has 0 aromatic rings. The number of aliphatic hydroxyl groups excluding tert-OH is 6. The molecule has 0 bridgehead atoms. The van der Waals surface area contributed by atoms with Crippen LogP contribution in [0.3, 0.4) is 0 Å². The van der Waals surface area contributed by atoms with Gasteiger partial charge in [0.05, 0.1) is 25.3 Å². The van der Waals surface area contributed by atoms with E-state index in [-0.39, 0.29) is 0 Å². The van der Waals surface area contributed by atoms with E-state index >= 15 is 0 Å². The van der Waals surface area contributed by atoms with Crippen LogP contribution in [0.15, 0.2) is 0 Å². The Morgan fingerprint density at radius 3 is 2.35 bits per heavy atom. The molecule has 0 radical (unpaired) electrons. The molecule has 1 fully saturated rings. The highest BCUT2D eigenvalue weighted by Gasteiger charge is 2.43. The van der Waals surface area contributed by atoms with Crippen LogP contribution in [0.1, 0.15) is 0 Å². The van der Waals surface area contributed by atoms with Crippen molar-refractivity contribution in [1.29, 1.82) is 0 Å². The first kappa shape index (κ1) is 20.3. The van der Waals surface area contributed by atoms with Gasteiger partial charge in [-0.05, 0) is 0 Å². The number of carbonyl (C=O) groups is 1. The molecule has 136 valence electrons. The van der Waals surface area contributed by atoms with Crippen LogP contribution in [-0.4, -0.2) is 105 Å². The topological polar surface area (TPSA) is 209 Å². The summed E-state index contributed by atoms with van der Waals surface area (Å²) in [6.07, 6.45) is -8.90. The maximum atomic E-state index is 11.7. The van der Waals surface area contributed by atoms with E-state index in [1.54, 1.807) is 0 Å². The molecule has 1 unspecified atom stereocenters. The van der Waals surface area contributed by atoms with Crippen molar-refractivity contribution in [3.05, 3.63) is 0 Å². The molecule has 23 heavy (non-hydrogen) atoms. The molecule has 10 N–H and O–H groups in total. The van der Waals surface area contributed by atoms with Gasteiger partial charge in [-0.3, -0.25) is 4.79 Å². The van der Waals surface area contributed by atoms with E-state index in [0.717, 1.165) is 0 Å². The number of carbonyl (C=O) groups excluding carboxylic acids is 1. The number of aliphatic hydroxyl groups is 6. The van der Waals surface area contributed by atoms with Gasteiger partial charge in [0.1, 0.15) is 37.1 Å². The summed E-state index contributed by atoms with van der Waals surface area (Å²) in [6.45, 7) is -1.97. The Morgan fingerprint density at radius 1 is 1.22 bits per heavy atom. The number of ether oxygens (including phenoxy) is 2. The molecular formula is C12H24N2O9. The first-order chi connectivity index (χ1) is 10.7. The van der Waals surface area contributed by atoms with E-state index in [9.17, 15) is 25.2 Å². The minimum Gasteiger partial charge on any atom is -0.395 e. The van der Waals surface area contributed by atoms with Crippen LogP contribution in [0.2, 0.25) is 0 Å². The van der Waals surface area contributed by atoms with Crippen LogP contribution in [0, 0.1) is 0 Å². The van der Waals surface area contributed by atoms with Crippen molar-refractivity contribution < 1.29 is 44.9 Å². The average molecular weight is 340 g/mol. The standard InChI is InChI=1S/C12H24N2O9/c13-4(1-15)8(18)9(19)5(17)3-22-12-7(14)11(21)10(20)6(2-16)23-12/h4,6-12,15-16,18-21H,1-3,13-14H2/t4-,6+,7+,8+,9+,10+,11+,12?/m0/s1. The second-order valence-electron chi connectivity index (χ2n) is 5.34. The summed E-state index contributed by atoms with van der Waals surface area (Å²) in [4.78, 5) is 11.7. The van der Waals surface area contributed by atoms with Gasteiger partial charge in [-0.1, -0.05) is 0 Å². The fourth-order valence-corrected chi connectivity index (χ4v) is 2.04. The van der Waals surface area contributed by atoms with Crippen LogP contribution >= 0.6 is 0 Å². The maximum Gasteiger partial charge on any atom is 0.189 e. The van der Waals surface area contributed by atoms with Gasteiger partial charge in [0.25, 0.3) is 0 Å². The fourth-order valence-electron chi connectivity index (χ4n) is 2.04. The second kappa shape index (κ2) is 8.94. The molecule has 1 saturated heterocycles. The summed E-state index contributed by atoms with van der Waals surface area (Å²) in [5.41, 5.74) is 10.9. The molecule has 0 spiro atoms. The number of hydrogen-bond acceptors (Lipinski definition) is 11. The van der Waals surface area contributed by atoms with Gasteiger partial charge in [-0.2, -0.15) is 0 Å². The number of rotatable bonds is 8. The summed E-state index contributed by atoms with van der Waals surface area (Å²) in [5.74, 6) is -0.946. The summed E-state index contributed by atoms with van der Waals surface area (Å²) in [7, 11) is 0. The molecular weight excluding hydrogens is 316 g/mol. The van der Waals surface area contributed by atoms with Crippen molar-refractivity contribution in [2.24, 2.45) is 11.5 Å². The smallest absolute Gasteiger partial charge is 0.189 e. The molecule has 0 saturated carbocycles. The summed E-state index contributed by atoms with van der Waals surface area (Å²) >= 11 is 0. The minimum absolute atomic E-state index is 0.606. The van der Waals surface area contributed by atoms with Crippen molar-refractivity contribution in [2.45, 2.75) is 48.9 Å². The first-order valence-electron chi connectivity index (χ1n) is 6.99. The third-order valence-electron chi connectivity index (χ3n) is 3.62. The zero-order valence-corrected chi connectivity index (χ0v) is 12.3. The second-order valence-corrected chi connectivity index (χ2v) is 5.34. The minimum atomic E-state index is -1.89. The molecule has 1 rings (SSSR count). The predicted molar refractivity (Wildman–Crippen MR) is 73.8 cm³/mol. The Kier molecular flexibility index (Phi) is 7.89. The molecule has 0 aromatic carbocycles. The van der Waals surface area contributed by atoms with E-state index < -0.39 is 74.5 Å². The highest BCUT2D eigenvalue weighted by Crippen LogP contribution is 2.20. The molecule has 11 nitrogen and oxygen atoms in total. The van der Waals surface area contributed by atoms with E-state index in [0.29, 0.717) is 0 Å². The molecule has 0 aromatic heterocycles. The monoisotopic (exact) mass is 340 g/mol. The van der Waals surface area contributed by atoms with Crippen LogP contribution in [-0.2, 0) is 14.3 Å². The Morgan fingerprint density at radius 2 is 1.83 bits per heavy atom. The number of hydrogen-bond donors (Lipinski definition) is 8. The largest absolute Gasteiger partial charge is 0.395 e. The van der Waals surface area contributed by atoms with Crippen LogP contribution in [0.5, 0.6) is 0 Å². The molecule has 11 heteroatoms. The fraction of sp³-hybridized carbons (Fsp3) is 0.917. The van der Waals surface area contributed by atoms with Gasteiger partial charge in [-0.15, -0.1) is 0 Å². The molecule has 1 heterocycles. The van der Waals surface area contributed by atoms with Gasteiger partial charge in [0.2, 0.25) is 0 Å². The van der Waals surface area contributed by atoms with Gasteiger partial charge < -0.3 is 51.6 Å². The third-order valence-corrected chi connectivity index (χ3v) is 3.62. The number of ketones is 1. The van der Waals surface area contributed by atoms with Gasteiger partial charge >= 0.3 is 0 Å². The van der Waals surface area contributed by atoms with E-state index in [1.807, 2.05) is 0 Å². The van der Waals surface area contributed by atoms with Crippen molar-refractivity contribution in [3.8, 4) is 0 Å². The lowest BCUT2D eigenvalue weighted by Gasteiger charge is -2.40. The first-order valence-corrected chi connectivity index (χ1v) is 6.99. The number of Topliss-reactive ketones (excluding diaryl/α,β-unsaturated/α-hetero) is 1. The van der Waals surface area contributed by atoms with Crippen molar-refractivity contribution >= 4 is 5.78 Å². The Labute approximate surface area is 132 Å². The van der Waals surface area contributed by atoms with Crippen LogP contribution in [0.25, 0.3) is 0 Å². The van der Waals surface area contributed by atoms with Crippen LogP contribution in [0.4, 0.5) is 0 Å². The van der Waals surface area contributed by atoms with E-state index in [4.69, 9.17) is 31.2 Å². The Bertz CT molecular complexity index is 384. The van der Waals surface area contributed by atoms with E-state index in [2.05, 4.69) is 0 Å². The highest BCUT2D eigenvalue weighted by molar-refractivity contribution is 5.84. The number of nitrogens with two attached hydrogens (primary N) is 2. The zero-order valence-electron chi connectivity index (χ0n) is 12.3. The Hall–Kier alpha value is -0.730. The molecule has 1 aliphatic heterocycles. The van der Waals surface area contributed by atoms with Crippen molar-refractivity contribution in [1.82, 2.24) is 0 Å². The highest BCUT2D eigenvalue weighted by atomic mass is 16.7. The summed E-state index contributed by atoms with van der Waals surface area (Å²) in [6, 6.07) is -2.40. The molecule has 1 aliphatic rings.